The summed E-state index contributed by atoms with van der Waals surface area (Å²) in [5, 5.41) is 1.99. The second kappa shape index (κ2) is 10.0. The van der Waals surface area contributed by atoms with Crippen molar-refractivity contribution in [1.29, 1.82) is 0 Å². The number of hydrogen-bond acceptors (Lipinski definition) is 4. The summed E-state index contributed by atoms with van der Waals surface area (Å²) in [4.78, 5) is 12.3. The number of amides is 1. The SMILES string of the molecule is CCOP(=S)(OCC)N(CC)CC(=O)Nc1ccc(Cl)c(C(F)(F)F)c1. The quantitative estimate of drug-likeness (QED) is 0.561. The molecular formula is C15H21ClF3N2O3PS. The van der Waals surface area contributed by atoms with E-state index in [1.54, 1.807) is 25.4 Å². The fraction of sp³-hybridized carbons (Fsp3) is 0.533. The van der Waals surface area contributed by atoms with Crippen molar-refractivity contribution >= 4 is 41.6 Å². The highest BCUT2D eigenvalue weighted by Gasteiger charge is 2.34. The van der Waals surface area contributed by atoms with Crippen LogP contribution in [0.1, 0.15) is 26.3 Å². The molecule has 148 valence electrons. The molecule has 26 heavy (non-hydrogen) atoms. The molecular weight excluding hydrogens is 412 g/mol. The van der Waals surface area contributed by atoms with E-state index in [4.69, 9.17) is 32.5 Å². The van der Waals surface area contributed by atoms with Crippen LogP contribution in [0, 0.1) is 0 Å². The summed E-state index contributed by atoms with van der Waals surface area (Å²) in [6.07, 6.45) is -4.61. The lowest BCUT2D eigenvalue weighted by atomic mass is 10.2. The first-order valence-electron chi connectivity index (χ1n) is 7.88. The van der Waals surface area contributed by atoms with Crippen LogP contribution >= 0.6 is 18.2 Å². The molecule has 11 heteroatoms. The van der Waals surface area contributed by atoms with Crippen molar-refractivity contribution in [2.75, 3.05) is 31.6 Å². The van der Waals surface area contributed by atoms with Gasteiger partial charge in [0, 0.05) is 12.2 Å². The van der Waals surface area contributed by atoms with E-state index in [0.717, 1.165) is 12.1 Å². The molecule has 0 saturated carbocycles. The molecule has 1 aromatic carbocycles. The molecule has 0 aliphatic heterocycles. The van der Waals surface area contributed by atoms with Crippen LogP contribution in [-0.4, -0.2) is 36.9 Å². The molecule has 0 spiro atoms. The Kier molecular flexibility index (Phi) is 8.99. The second-order valence-electron chi connectivity index (χ2n) is 5.03. The van der Waals surface area contributed by atoms with E-state index in [0.29, 0.717) is 19.8 Å². The zero-order chi connectivity index (χ0) is 20.0. The Morgan fingerprint density at radius 1 is 1.27 bits per heavy atom. The van der Waals surface area contributed by atoms with E-state index in [9.17, 15) is 18.0 Å². The number of halogens is 4. The van der Waals surface area contributed by atoms with Crippen molar-refractivity contribution in [3.63, 3.8) is 0 Å². The number of carbonyl (C=O) groups excluding carboxylic acids is 1. The number of nitrogens with zero attached hydrogens (tertiary/aromatic N) is 1. The van der Waals surface area contributed by atoms with Gasteiger partial charge in [-0.15, -0.1) is 0 Å². The number of anilines is 1. The van der Waals surface area contributed by atoms with Crippen LogP contribution < -0.4 is 5.32 Å². The van der Waals surface area contributed by atoms with Gasteiger partial charge in [-0.2, -0.15) is 13.2 Å². The summed E-state index contributed by atoms with van der Waals surface area (Å²) in [5.74, 6) is -0.532. The van der Waals surface area contributed by atoms with Crippen molar-refractivity contribution < 1.29 is 27.0 Å². The van der Waals surface area contributed by atoms with Crippen LogP contribution in [0.5, 0.6) is 0 Å². The van der Waals surface area contributed by atoms with Gasteiger partial charge in [-0.3, -0.25) is 4.79 Å². The number of carbonyl (C=O) groups is 1. The molecule has 0 heterocycles. The summed E-state index contributed by atoms with van der Waals surface area (Å²) in [6, 6.07) is 3.17. The predicted octanol–water partition coefficient (Wildman–Crippen LogP) is 4.92. The maximum atomic E-state index is 12.9. The topological polar surface area (TPSA) is 50.8 Å². The van der Waals surface area contributed by atoms with Crippen LogP contribution in [0.4, 0.5) is 18.9 Å². The third-order valence-corrected chi connectivity index (χ3v) is 7.12. The number of likely N-dealkylation sites (N-methyl/N-ethyl adjacent to an activating group) is 1. The lowest BCUT2D eigenvalue weighted by Crippen LogP contribution is -2.32. The van der Waals surface area contributed by atoms with Gasteiger partial charge in [-0.05, 0) is 43.9 Å². The molecule has 0 fully saturated rings. The zero-order valence-corrected chi connectivity index (χ0v) is 17.1. The highest BCUT2D eigenvalue weighted by atomic mass is 35.5. The maximum Gasteiger partial charge on any atom is 0.417 e. The van der Waals surface area contributed by atoms with Crippen LogP contribution in [0.25, 0.3) is 0 Å². The minimum absolute atomic E-state index is 0.0103. The Morgan fingerprint density at radius 2 is 1.85 bits per heavy atom. The van der Waals surface area contributed by atoms with Crippen LogP contribution in [-0.2, 0) is 31.8 Å². The van der Waals surface area contributed by atoms with Gasteiger partial charge in [0.15, 0.2) is 0 Å². The molecule has 0 unspecified atom stereocenters. The lowest BCUT2D eigenvalue weighted by molar-refractivity contribution is -0.137. The average Bonchev–Trinajstić information content (AvgIpc) is 2.53. The lowest BCUT2D eigenvalue weighted by Gasteiger charge is -2.31. The van der Waals surface area contributed by atoms with Gasteiger partial charge in [0.2, 0.25) is 5.91 Å². The van der Waals surface area contributed by atoms with Gasteiger partial charge in [-0.25, -0.2) is 4.67 Å². The molecule has 1 rings (SSSR count). The first-order chi connectivity index (χ1) is 12.1. The molecule has 0 bridgehead atoms. The monoisotopic (exact) mass is 432 g/mol. The van der Waals surface area contributed by atoms with Crippen molar-refractivity contribution in [3.8, 4) is 0 Å². The van der Waals surface area contributed by atoms with Gasteiger partial charge >= 0.3 is 6.18 Å². The van der Waals surface area contributed by atoms with Gasteiger partial charge in [-0.1, -0.05) is 18.5 Å². The summed E-state index contributed by atoms with van der Waals surface area (Å²) in [5.41, 5.74) is -1.03. The number of hydrogen-bond donors (Lipinski definition) is 1. The van der Waals surface area contributed by atoms with Crippen molar-refractivity contribution in [2.45, 2.75) is 26.9 Å². The Hall–Kier alpha value is -0.700. The van der Waals surface area contributed by atoms with E-state index in [1.807, 2.05) is 0 Å². The molecule has 1 amide bonds. The Morgan fingerprint density at radius 3 is 2.31 bits per heavy atom. The highest BCUT2D eigenvalue weighted by Crippen LogP contribution is 2.51. The predicted molar refractivity (Wildman–Crippen MR) is 99.9 cm³/mol. The molecule has 1 aromatic rings. The van der Waals surface area contributed by atoms with Crippen molar-refractivity contribution in [3.05, 3.63) is 28.8 Å². The normalized spacial score (nSPS) is 12.5. The molecule has 0 radical (unpaired) electrons. The highest BCUT2D eigenvalue weighted by molar-refractivity contribution is 8.08. The number of benzene rings is 1. The minimum Gasteiger partial charge on any atom is -0.325 e. The van der Waals surface area contributed by atoms with Gasteiger partial charge in [0.05, 0.1) is 30.3 Å². The molecule has 5 nitrogen and oxygen atoms in total. The Bertz CT molecular complexity index is 666. The second-order valence-corrected chi connectivity index (χ2v) is 8.84. The number of rotatable bonds is 9. The zero-order valence-electron chi connectivity index (χ0n) is 14.6. The third kappa shape index (κ3) is 6.48. The summed E-state index contributed by atoms with van der Waals surface area (Å²) in [7, 11) is 0. The Balaban J connectivity index is 2.92. The summed E-state index contributed by atoms with van der Waals surface area (Å²) in [6.45, 7) is 3.35. The molecule has 1 N–H and O–H groups in total. The van der Waals surface area contributed by atoms with Gasteiger partial charge in [0.1, 0.15) is 0 Å². The van der Waals surface area contributed by atoms with E-state index >= 15 is 0 Å². The molecule has 0 aromatic heterocycles. The summed E-state index contributed by atoms with van der Waals surface area (Å²) >= 11 is 11.0. The van der Waals surface area contributed by atoms with Gasteiger partial charge in [0.25, 0.3) is 6.64 Å². The standard InChI is InChI=1S/C15H21ClF3N2O3PS/c1-4-21(25(26,23-5-2)24-6-3)10-14(22)20-11-7-8-13(16)12(9-11)15(17,18)19/h7-9H,4-6,10H2,1-3H3,(H,20,22). The molecule has 0 aliphatic carbocycles. The molecule has 0 aliphatic rings. The van der Waals surface area contributed by atoms with E-state index in [1.165, 1.54) is 6.07 Å². The minimum atomic E-state index is -4.61. The first-order valence-corrected chi connectivity index (χ1v) is 10.8. The smallest absolute Gasteiger partial charge is 0.325 e. The van der Waals surface area contributed by atoms with Crippen LogP contribution in [0.2, 0.25) is 5.02 Å². The van der Waals surface area contributed by atoms with E-state index in [-0.39, 0.29) is 12.2 Å². The van der Waals surface area contributed by atoms with E-state index < -0.39 is 29.3 Å². The van der Waals surface area contributed by atoms with Crippen molar-refractivity contribution in [1.82, 2.24) is 4.67 Å². The van der Waals surface area contributed by atoms with Crippen LogP contribution in [0.3, 0.4) is 0 Å². The maximum absolute atomic E-state index is 12.9. The number of nitrogens with one attached hydrogen (secondary N) is 1. The third-order valence-electron chi connectivity index (χ3n) is 3.18. The van der Waals surface area contributed by atoms with E-state index in [2.05, 4.69) is 5.32 Å². The van der Waals surface area contributed by atoms with Gasteiger partial charge < -0.3 is 14.4 Å². The fourth-order valence-corrected chi connectivity index (χ4v) is 5.16. The Labute approximate surface area is 161 Å². The van der Waals surface area contributed by atoms with Crippen molar-refractivity contribution in [2.24, 2.45) is 0 Å². The fourth-order valence-electron chi connectivity index (χ4n) is 2.09. The number of alkyl halides is 3. The molecule has 0 atom stereocenters. The van der Waals surface area contributed by atoms with Crippen LogP contribution in [0.15, 0.2) is 18.2 Å². The largest absolute Gasteiger partial charge is 0.417 e. The first kappa shape index (κ1) is 23.3. The average molecular weight is 433 g/mol. The summed E-state index contributed by atoms with van der Waals surface area (Å²) < 4.78 is 51.4. The molecule has 0 saturated heterocycles.